The number of hydrogen-bond acceptors (Lipinski definition) is 5. The van der Waals surface area contributed by atoms with Crippen molar-refractivity contribution in [3.8, 4) is 17.2 Å². The molecule has 0 aliphatic heterocycles. The summed E-state index contributed by atoms with van der Waals surface area (Å²) >= 11 is 0. The zero-order valence-corrected chi connectivity index (χ0v) is 14.2. The van der Waals surface area contributed by atoms with Crippen molar-refractivity contribution in [2.45, 2.75) is 19.4 Å². The summed E-state index contributed by atoms with van der Waals surface area (Å²) in [7, 11) is 4.79. The summed E-state index contributed by atoms with van der Waals surface area (Å²) in [6.45, 7) is 0.259. The molecule has 0 bridgehead atoms. The number of ether oxygens (including phenoxy) is 4. The second-order valence-corrected chi connectivity index (χ2v) is 5.20. The molecular weight excluding hydrogens is 308 g/mol. The maximum Gasteiger partial charge on any atom is 0.306 e. The maximum absolute atomic E-state index is 11.9. The lowest BCUT2D eigenvalue weighted by atomic mass is 10.1. The minimum absolute atomic E-state index is 0.236. The molecule has 5 heteroatoms. The number of aryl methyl sites for hydroxylation is 1. The summed E-state index contributed by atoms with van der Waals surface area (Å²) in [5.74, 6) is 1.86. The van der Waals surface area contributed by atoms with Gasteiger partial charge in [0.2, 0.25) is 0 Å². The van der Waals surface area contributed by atoms with E-state index >= 15 is 0 Å². The molecule has 5 nitrogen and oxygen atoms in total. The minimum Gasteiger partial charge on any atom is -0.497 e. The van der Waals surface area contributed by atoms with Crippen molar-refractivity contribution >= 4 is 5.97 Å². The molecule has 0 saturated carbocycles. The zero-order chi connectivity index (χ0) is 17.4. The quantitative estimate of drug-likeness (QED) is 0.695. The minimum atomic E-state index is -0.236. The van der Waals surface area contributed by atoms with Crippen LogP contribution in [0.25, 0.3) is 0 Å². The number of esters is 1. The first-order chi connectivity index (χ1) is 11.7. The van der Waals surface area contributed by atoms with Crippen LogP contribution in [0.1, 0.15) is 17.5 Å². The van der Waals surface area contributed by atoms with Crippen LogP contribution < -0.4 is 14.2 Å². The third kappa shape index (κ3) is 4.91. The molecule has 0 saturated heterocycles. The Kier molecular flexibility index (Phi) is 6.49. The standard InChI is InChI=1S/C19H22O5/c1-21-16-8-4-15(5-9-16)13-24-19(20)11-7-14-6-10-17(22-2)18(12-14)23-3/h4-6,8-10,12H,7,11,13H2,1-3H3. The van der Waals surface area contributed by atoms with Crippen molar-refractivity contribution in [2.75, 3.05) is 21.3 Å². The zero-order valence-electron chi connectivity index (χ0n) is 14.2. The second-order valence-electron chi connectivity index (χ2n) is 5.20. The Morgan fingerprint density at radius 2 is 1.50 bits per heavy atom. The van der Waals surface area contributed by atoms with Crippen molar-refractivity contribution < 1.29 is 23.7 Å². The molecule has 0 N–H and O–H groups in total. The second kappa shape index (κ2) is 8.82. The van der Waals surface area contributed by atoms with Crippen LogP contribution >= 0.6 is 0 Å². The van der Waals surface area contributed by atoms with Crippen LogP contribution in [0.2, 0.25) is 0 Å². The van der Waals surface area contributed by atoms with Gasteiger partial charge in [-0.1, -0.05) is 18.2 Å². The number of carbonyl (C=O) groups excluding carboxylic acids is 1. The Balaban J connectivity index is 1.82. The van der Waals surface area contributed by atoms with Crippen molar-refractivity contribution in [2.24, 2.45) is 0 Å². The third-order valence-electron chi connectivity index (χ3n) is 3.62. The molecule has 0 spiro atoms. The Morgan fingerprint density at radius 1 is 0.833 bits per heavy atom. The van der Waals surface area contributed by atoms with Crippen LogP contribution in [0, 0.1) is 0 Å². The van der Waals surface area contributed by atoms with Crippen molar-refractivity contribution in [3.63, 3.8) is 0 Å². The van der Waals surface area contributed by atoms with Gasteiger partial charge in [-0.15, -0.1) is 0 Å². The molecule has 0 aliphatic rings. The van der Waals surface area contributed by atoms with E-state index in [1.54, 1.807) is 21.3 Å². The van der Waals surface area contributed by atoms with E-state index in [1.807, 2.05) is 42.5 Å². The molecule has 0 heterocycles. The van der Waals surface area contributed by atoms with Gasteiger partial charge in [-0.3, -0.25) is 4.79 Å². The van der Waals surface area contributed by atoms with Gasteiger partial charge >= 0.3 is 5.97 Å². The number of benzene rings is 2. The average molecular weight is 330 g/mol. The van der Waals surface area contributed by atoms with Crippen molar-refractivity contribution in [1.82, 2.24) is 0 Å². The fourth-order valence-electron chi connectivity index (χ4n) is 2.24. The van der Waals surface area contributed by atoms with E-state index in [1.165, 1.54) is 0 Å². The molecule has 2 rings (SSSR count). The number of carbonyl (C=O) groups is 1. The largest absolute Gasteiger partial charge is 0.497 e. The van der Waals surface area contributed by atoms with Crippen LogP contribution in [0.3, 0.4) is 0 Å². The van der Waals surface area contributed by atoms with Crippen LogP contribution in [0.15, 0.2) is 42.5 Å². The predicted octanol–water partition coefficient (Wildman–Crippen LogP) is 3.39. The fourth-order valence-corrected chi connectivity index (χ4v) is 2.24. The van der Waals surface area contributed by atoms with E-state index in [0.717, 1.165) is 16.9 Å². The molecule has 0 aliphatic carbocycles. The average Bonchev–Trinajstić information content (AvgIpc) is 2.64. The highest BCUT2D eigenvalue weighted by Crippen LogP contribution is 2.28. The Bertz CT molecular complexity index is 664. The Hall–Kier alpha value is -2.69. The van der Waals surface area contributed by atoms with Crippen LogP contribution in [-0.2, 0) is 22.6 Å². The summed E-state index contributed by atoms with van der Waals surface area (Å²) in [4.78, 5) is 11.9. The first-order valence-corrected chi connectivity index (χ1v) is 7.65. The third-order valence-corrected chi connectivity index (χ3v) is 3.62. The summed E-state index contributed by atoms with van der Waals surface area (Å²) in [5, 5.41) is 0. The Labute approximate surface area is 142 Å². The SMILES string of the molecule is COc1ccc(COC(=O)CCc2ccc(OC)c(OC)c2)cc1. The van der Waals surface area contributed by atoms with Crippen LogP contribution in [0.5, 0.6) is 17.2 Å². The number of methoxy groups -OCH3 is 3. The molecular formula is C19H22O5. The topological polar surface area (TPSA) is 54.0 Å². The molecule has 0 unspecified atom stereocenters. The molecule has 128 valence electrons. The molecule has 2 aromatic carbocycles. The summed E-state index contributed by atoms with van der Waals surface area (Å²) in [6, 6.07) is 13.0. The monoisotopic (exact) mass is 330 g/mol. The molecule has 0 fully saturated rings. The van der Waals surface area contributed by atoms with E-state index in [9.17, 15) is 4.79 Å². The molecule has 24 heavy (non-hydrogen) atoms. The van der Waals surface area contributed by atoms with Gasteiger partial charge in [0, 0.05) is 6.42 Å². The fraction of sp³-hybridized carbons (Fsp3) is 0.316. The van der Waals surface area contributed by atoms with Crippen LogP contribution in [0.4, 0.5) is 0 Å². The normalized spacial score (nSPS) is 10.1. The van der Waals surface area contributed by atoms with E-state index in [-0.39, 0.29) is 12.6 Å². The maximum atomic E-state index is 11.9. The number of hydrogen-bond donors (Lipinski definition) is 0. The van der Waals surface area contributed by atoms with Gasteiger partial charge in [0.15, 0.2) is 11.5 Å². The van der Waals surface area contributed by atoms with E-state index in [2.05, 4.69) is 0 Å². The van der Waals surface area contributed by atoms with Crippen molar-refractivity contribution in [3.05, 3.63) is 53.6 Å². The van der Waals surface area contributed by atoms with Gasteiger partial charge in [-0.2, -0.15) is 0 Å². The molecule has 2 aromatic rings. The summed E-state index contributed by atoms with van der Waals surface area (Å²) in [5.41, 5.74) is 1.92. The molecule has 0 radical (unpaired) electrons. The van der Waals surface area contributed by atoms with E-state index < -0.39 is 0 Å². The lowest BCUT2D eigenvalue weighted by Crippen LogP contribution is -2.06. The highest BCUT2D eigenvalue weighted by atomic mass is 16.5. The number of rotatable bonds is 8. The predicted molar refractivity (Wildman–Crippen MR) is 90.7 cm³/mol. The summed E-state index contributed by atoms with van der Waals surface area (Å²) in [6.07, 6.45) is 0.896. The smallest absolute Gasteiger partial charge is 0.306 e. The van der Waals surface area contributed by atoms with Gasteiger partial charge < -0.3 is 18.9 Å². The first kappa shape index (κ1) is 17.7. The van der Waals surface area contributed by atoms with Gasteiger partial charge in [-0.05, 0) is 41.8 Å². The molecule has 0 amide bonds. The van der Waals surface area contributed by atoms with Gasteiger partial charge in [0.25, 0.3) is 0 Å². The highest BCUT2D eigenvalue weighted by molar-refractivity contribution is 5.69. The van der Waals surface area contributed by atoms with Gasteiger partial charge in [-0.25, -0.2) is 0 Å². The first-order valence-electron chi connectivity index (χ1n) is 7.65. The Morgan fingerprint density at radius 3 is 2.12 bits per heavy atom. The van der Waals surface area contributed by atoms with Gasteiger partial charge in [0.1, 0.15) is 12.4 Å². The van der Waals surface area contributed by atoms with E-state index in [0.29, 0.717) is 24.3 Å². The molecule has 0 aromatic heterocycles. The lowest BCUT2D eigenvalue weighted by Gasteiger charge is -2.09. The lowest BCUT2D eigenvalue weighted by molar-refractivity contribution is -0.144. The molecule has 0 atom stereocenters. The highest BCUT2D eigenvalue weighted by Gasteiger charge is 2.08. The van der Waals surface area contributed by atoms with Crippen molar-refractivity contribution in [1.29, 1.82) is 0 Å². The van der Waals surface area contributed by atoms with Crippen LogP contribution in [-0.4, -0.2) is 27.3 Å². The van der Waals surface area contributed by atoms with Gasteiger partial charge in [0.05, 0.1) is 21.3 Å². The van der Waals surface area contributed by atoms with E-state index in [4.69, 9.17) is 18.9 Å². The summed E-state index contributed by atoms with van der Waals surface area (Å²) < 4.78 is 20.8.